The third kappa shape index (κ3) is 6.58. The van der Waals surface area contributed by atoms with Crippen LogP contribution in [0.2, 0.25) is 0 Å². The molecular formula is C25H41N3OS. The third-order valence-corrected chi connectivity index (χ3v) is 6.92. The summed E-state index contributed by atoms with van der Waals surface area (Å²) < 4.78 is 5.34. The number of ether oxygens (including phenoxy) is 1. The molecule has 4 nitrogen and oxygen atoms in total. The molecule has 0 bridgehead atoms. The minimum absolute atomic E-state index is 0.0858. The van der Waals surface area contributed by atoms with E-state index in [1.54, 1.807) is 7.11 Å². The molecule has 2 aliphatic rings. The molecule has 0 unspecified atom stereocenters. The van der Waals surface area contributed by atoms with Crippen LogP contribution < -0.4 is 15.4 Å². The molecular weight excluding hydrogens is 390 g/mol. The number of hydrogen-bond acceptors (Lipinski definition) is 3. The molecule has 0 spiro atoms. The topological polar surface area (TPSA) is 36.5 Å². The molecule has 1 aromatic carbocycles. The number of benzene rings is 1. The molecule has 168 valence electrons. The normalized spacial score (nSPS) is 22.2. The molecule has 0 aromatic heterocycles. The second-order valence-corrected chi connectivity index (χ2v) is 11.0. The van der Waals surface area contributed by atoms with Crippen molar-refractivity contribution in [1.82, 2.24) is 15.5 Å². The van der Waals surface area contributed by atoms with Gasteiger partial charge in [0.05, 0.1) is 7.11 Å². The fourth-order valence-electron chi connectivity index (χ4n) is 5.46. The van der Waals surface area contributed by atoms with Crippen molar-refractivity contribution in [1.29, 1.82) is 0 Å². The van der Waals surface area contributed by atoms with Crippen molar-refractivity contribution in [3.8, 4) is 5.75 Å². The standard InChI is InChI=1S/C25H41N3OS/c1-24(2)16-21(17-25(3,4)27-24)28(18-19-12-14-22(29-5)15-13-19)23(30)26-20-10-8-6-7-9-11-20/h12-15,20-21,27H,6-11,16-18H2,1-5H3,(H,26,30). The van der Waals surface area contributed by atoms with E-state index in [2.05, 4.69) is 55.4 Å². The zero-order valence-corrected chi connectivity index (χ0v) is 20.4. The van der Waals surface area contributed by atoms with Crippen LogP contribution in [0.15, 0.2) is 24.3 Å². The molecule has 0 atom stereocenters. The molecule has 1 aliphatic heterocycles. The maximum atomic E-state index is 6.05. The molecule has 1 heterocycles. The summed E-state index contributed by atoms with van der Waals surface area (Å²) in [7, 11) is 1.71. The number of nitrogens with one attached hydrogen (secondary N) is 2. The quantitative estimate of drug-likeness (QED) is 0.482. The maximum Gasteiger partial charge on any atom is 0.169 e. The van der Waals surface area contributed by atoms with Gasteiger partial charge in [0, 0.05) is 29.7 Å². The number of methoxy groups -OCH3 is 1. The van der Waals surface area contributed by atoms with Crippen molar-refractivity contribution in [2.75, 3.05) is 7.11 Å². The van der Waals surface area contributed by atoms with Gasteiger partial charge in [0.25, 0.3) is 0 Å². The van der Waals surface area contributed by atoms with Crippen LogP contribution in [0.5, 0.6) is 5.75 Å². The van der Waals surface area contributed by atoms with Gasteiger partial charge in [-0.3, -0.25) is 0 Å². The monoisotopic (exact) mass is 431 g/mol. The lowest BCUT2D eigenvalue weighted by Crippen LogP contribution is -2.63. The van der Waals surface area contributed by atoms with Crippen molar-refractivity contribution in [2.45, 2.75) is 109 Å². The highest BCUT2D eigenvalue weighted by molar-refractivity contribution is 7.80. The van der Waals surface area contributed by atoms with E-state index in [1.165, 1.54) is 44.1 Å². The predicted molar refractivity (Wildman–Crippen MR) is 130 cm³/mol. The van der Waals surface area contributed by atoms with Crippen LogP contribution in [0.3, 0.4) is 0 Å². The van der Waals surface area contributed by atoms with Crippen molar-refractivity contribution in [3.05, 3.63) is 29.8 Å². The van der Waals surface area contributed by atoms with Gasteiger partial charge in [-0.05, 0) is 83.3 Å². The van der Waals surface area contributed by atoms with Crippen molar-refractivity contribution in [2.24, 2.45) is 0 Å². The summed E-state index contributed by atoms with van der Waals surface area (Å²) in [5.74, 6) is 0.897. The molecule has 1 aromatic rings. The summed E-state index contributed by atoms with van der Waals surface area (Å²) in [6, 6.07) is 9.34. The molecule has 1 aliphatic carbocycles. The molecule has 2 fully saturated rings. The van der Waals surface area contributed by atoms with E-state index < -0.39 is 0 Å². The molecule has 1 saturated carbocycles. The van der Waals surface area contributed by atoms with Crippen LogP contribution in [-0.4, -0.2) is 40.3 Å². The van der Waals surface area contributed by atoms with Gasteiger partial charge in [0.2, 0.25) is 0 Å². The SMILES string of the molecule is COc1ccc(CN(C(=S)NC2CCCCCC2)C2CC(C)(C)NC(C)(C)C2)cc1. The highest BCUT2D eigenvalue weighted by atomic mass is 32.1. The maximum absolute atomic E-state index is 6.05. The Balaban J connectivity index is 1.80. The Bertz CT molecular complexity index is 677. The Labute approximate surface area is 189 Å². The number of nitrogens with zero attached hydrogens (tertiary/aromatic N) is 1. The average molecular weight is 432 g/mol. The molecule has 5 heteroatoms. The first-order valence-corrected chi connectivity index (χ1v) is 12.1. The van der Waals surface area contributed by atoms with Gasteiger partial charge in [-0.15, -0.1) is 0 Å². The largest absolute Gasteiger partial charge is 0.497 e. The lowest BCUT2D eigenvalue weighted by atomic mass is 9.79. The van der Waals surface area contributed by atoms with Gasteiger partial charge in [-0.25, -0.2) is 0 Å². The summed E-state index contributed by atoms with van der Waals surface area (Å²) >= 11 is 6.05. The Hall–Kier alpha value is -1.33. The van der Waals surface area contributed by atoms with E-state index in [-0.39, 0.29) is 11.1 Å². The fraction of sp³-hybridized carbons (Fsp3) is 0.720. The summed E-state index contributed by atoms with van der Waals surface area (Å²) in [4.78, 5) is 2.46. The molecule has 3 rings (SSSR count). The Kier molecular flexibility index (Phi) is 7.67. The smallest absolute Gasteiger partial charge is 0.169 e. The summed E-state index contributed by atoms with van der Waals surface area (Å²) in [6.07, 6.45) is 9.98. The summed E-state index contributed by atoms with van der Waals surface area (Å²) in [5.41, 5.74) is 1.44. The second kappa shape index (κ2) is 9.86. The van der Waals surface area contributed by atoms with Crippen LogP contribution in [0.1, 0.15) is 84.6 Å². The van der Waals surface area contributed by atoms with Gasteiger partial charge in [0.1, 0.15) is 5.75 Å². The average Bonchev–Trinajstić information content (AvgIpc) is 2.92. The van der Waals surface area contributed by atoms with Crippen molar-refractivity contribution < 1.29 is 4.74 Å². The van der Waals surface area contributed by atoms with E-state index in [0.29, 0.717) is 12.1 Å². The van der Waals surface area contributed by atoms with E-state index in [9.17, 15) is 0 Å². The summed E-state index contributed by atoms with van der Waals surface area (Å²) in [6.45, 7) is 10.1. The Morgan fingerprint density at radius 1 is 1.03 bits per heavy atom. The molecule has 0 radical (unpaired) electrons. The van der Waals surface area contributed by atoms with E-state index in [4.69, 9.17) is 17.0 Å². The summed E-state index contributed by atoms with van der Waals surface area (Å²) in [5, 5.41) is 8.51. The molecule has 30 heavy (non-hydrogen) atoms. The highest BCUT2D eigenvalue weighted by Crippen LogP contribution is 2.33. The van der Waals surface area contributed by atoms with E-state index in [0.717, 1.165) is 30.2 Å². The number of hydrogen-bond donors (Lipinski definition) is 2. The minimum atomic E-state index is 0.0858. The van der Waals surface area contributed by atoms with E-state index >= 15 is 0 Å². The first-order valence-electron chi connectivity index (χ1n) is 11.7. The zero-order valence-electron chi connectivity index (χ0n) is 19.6. The number of thiocarbonyl (C=S) groups is 1. The molecule has 1 saturated heterocycles. The molecule has 0 amide bonds. The molecule has 2 N–H and O–H groups in total. The van der Waals surface area contributed by atoms with Gasteiger partial charge < -0.3 is 20.3 Å². The minimum Gasteiger partial charge on any atom is -0.497 e. The third-order valence-electron chi connectivity index (χ3n) is 6.57. The second-order valence-electron chi connectivity index (χ2n) is 10.6. The van der Waals surface area contributed by atoms with Gasteiger partial charge >= 0.3 is 0 Å². The first kappa shape index (κ1) is 23.3. The van der Waals surface area contributed by atoms with Crippen LogP contribution in [-0.2, 0) is 6.54 Å². The van der Waals surface area contributed by atoms with Crippen molar-refractivity contribution >= 4 is 17.3 Å². The number of rotatable bonds is 5. The van der Waals surface area contributed by atoms with E-state index in [1.807, 2.05) is 12.1 Å². The fourth-order valence-corrected chi connectivity index (χ4v) is 5.84. The number of piperidine rings is 1. The van der Waals surface area contributed by atoms with Crippen LogP contribution in [0, 0.1) is 0 Å². The van der Waals surface area contributed by atoms with Gasteiger partial charge in [0.15, 0.2) is 5.11 Å². The highest BCUT2D eigenvalue weighted by Gasteiger charge is 2.40. The predicted octanol–water partition coefficient (Wildman–Crippen LogP) is 5.40. The van der Waals surface area contributed by atoms with Gasteiger partial charge in [-0.1, -0.05) is 37.8 Å². The lowest BCUT2D eigenvalue weighted by Gasteiger charge is -2.50. The Morgan fingerprint density at radius 3 is 2.13 bits per heavy atom. The van der Waals surface area contributed by atoms with Crippen LogP contribution in [0.4, 0.5) is 0 Å². The van der Waals surface area contributed by atoms with Crippen molar-refractivity contribution in [3.63, 3.8) is 0 Å². The van der Waals surface area contributed by atoms with Gasteiger partial charge in [-0.2, -0.15) is 0 Å². The Morgan fingerprint density at radius 2 is 1.60 bits per heavy atom. The first-order chi connectivity index (χ1) is 14.2. The van der Waals surface area contributed by atoms with Crippen LogP contribution >= 0.6 is 12.2 Å². The van der Waals surface area contributed by atoms with Crippen LogP contribution in [0.25, 0.3) is 0 Å². The zero-order chi connectivity index (χ0) is 21.8. The lowest BCUT2D eigenvalue weighted by molar-refractivity contribution is 0.0991.